The number of nitrogens with zero attached hydrogens (tertiary/aromatic N) is 2. The number of amides is 1. The summed E-state index contributed by atoms with van der Waals surface area (Å²) in [6.45, 7) is 0.789. The molecule has 1 amide bonds. The second-order valence-corrected chi connectivity index (χ2v) is 6.21. The van der Waals surface area contributed by atoms with E-state index >= 15 is 0 Å². The number of rotatable bonds is 5. The lowest BCUT2D eigenvalue weighted by Crippen LogP contribution is -2.31. The molecule has 22 heavy (non-hydrogen) atoms. The summed E-state index contributed by atoms with van der Waals surface area (Å²) in [5.41, 5.74) is 1.41. The Labute approximate surface area is 136 Å². The largest absolute Gasteiger partial charge is 0.350 e. The number of aromatic nitrogens is 2. The van der Waals surface area contributed by atoms with E-state index in [4.69, 9.17) is 0 Å². The van der Waals surface area contributed by atoms with Crippen molar-refractivity contribution in [3.8, 4) is 0 Å². The van der Waals surface area contributed by atoms with E-state index in [0.29, 0.717) is 24.6 Å². The van der Waals surface area contributed by atoms with E-state index in [1.54, 1.807) is 18.5 Å². The molecule has 0 radical (unpaired) electrons. The normalized spacial score (nSPS) is 13.9. The van der Waals surface area contributed by atoms with Crippen molar-refractivity contribution >= 4 is 21.8 Å². The Morgan fingerprint density at radius 2 is 2.14 bits per heavy atom. The van der Waals surface area contributed by atoms with Gasteiger partial charge >= 0.3 is 0 Å². The minimum absolute atomic E-state index is 0.0629. The molecule has 1 aliphatic rings. The first kappa shape index (κ1) is 15.0. The molecule has 0 atom stereocenters. The quantitative estimate of drug-likeness (QED) is 0.888. The van der Waals surface area contributed by atoms with Gasteiger partial charge in [-0.3, -0.25) is 14.2 Å². The van der Waals surface area contributed by atoms with Crippen molar-refractivity contribution in [3.63, 3.8) is 0 Å². The first-order chi connectivity index (χ1) is 10.6. The summed E-state index contributed by atoms with van der Waals surface area (Å²) >= 11 is 3.35. The molecule has 1 aromatic heterocycles. The van der Waals surface area contributed by atoms with Gasteiger partial charge in [0.05, 0.1) is 17.6 Å². The maximum Gasteiger partial charge on any atom is 0.253 e. The van der Waals surface area contributed by atoms with E-state index in [9.17, 15) is 9.59 Å². The smallest absolute Gasteiger partial charge is 0.253 e. The third kappa shape index (κ3) is 3.44. The zero-order valence-electron chi connectivity index (χ0n) is 12.0. The first-order valence-electron chi connectivity index (χ1n) is 7.24. The molecular weight excluding hydrogens is 346 g/mol. The minimum atomic E-state index is -0.164. The summed E-state index contributed by atoms with van der Waals surface area (Å²) in [5.74, 6) is 0.306. The number of benzene rings is 1. The molecular formula is C16H16BrN3O2. The van der Waals surface area contributed by atoms with Gasteiger partial charge in [0.15, 0.2) is 0 Å². The molecule has 0 spiro atoms. The van der Waals surface area contributed by atoms with Gasteiger partial charge in [0.25, 0.3) is 11.5 Å². The van der Waals surface area contributed by atoms with Crippen LogP contribution in [-0.4, -0.2) is 22.0 Å². The average Bonchev–Trinajstić information content (AvgIpc) is 3.34. The van der Waals surface area contributed by atoms with Gasteiger partial charge in [-0.05, 0) is 40.9 Å². The van der Waals surface area contributed by atoms with Crippen molar-refractivity contribution in [2.24, 2.45) is 0 Å². The van der Waals surface area contributed by atoms with E-state index in [1.807, 2.05) is 18.2 Å². The number of hydrogen-bond acceptors (Lipinski definition) is 3. The van der Waals surface area contributed by atoms with Crippen molar-refractivity contribution < 1.29 is 4.79 Å². The van der Waals surface area contributed by atoms with Crippen LogP contribution in [0.25, 0.3) is 0 Å². The summed E-state index contributed by atoms with van der Waals surface area (Å²) in [6, 6.07) is 8.84. The molecule has 1 fully saturated rings. The minimum Gasteiger partial charge on any atom is -0.350 e. The molecule has 1 heterocycles. The fourth-order valence-electron chi connectivity index (χ4n) is 2.24. The van der Waals surface area contributed by atoms with Crippen LogP contribution >= 0.6 is 15.9 Å². The third-order valence-electron chi connectivity index (χ3n) is 3.65. The summed E-state index contributed by atoms with van der Waals surface area (Å²) in [6.07, 6.45) is 3.82. The van der Waals surface area contributed by atoms with E-state index in [1.165, 1.54) is 4.57 Å². The topological polar surface area (TPSA) is 64.0 Å². The van der Waals surface area contributed by atoms with Crippen molar-refractivity contribution in [1.82, 2.24) is 14.9 Å². The highest BCUT2D eigenvalue weighted by molar-refractivity contribution is 9.10. The van der Waals surface area contributed by atoms with Crippen molar-refractivity contribution in [2.75, 3.05) is 6.54 Å². The fraction of sp³-hybridized carbons (Fsp3) is 0.312. The summed E-state index contributed by atoms with van der Waals surface area (Å²) in [7, 11) is 0. The van der Waals surface area contributed by atoms with Gasteiger partial charge in [0.1, 0.15) is 0 Å². The second kappa shape index (κ2) is 6.44. The first-order valence-corrected chi connectivity index (χ1v) is 8.03. The number of hydrogen-bond donors (Lipinski definition) is 1. The zero-order valence-corrected chi connectivity index (χ0v) is 13.5. The van der Waals surface area contributed by atoms with Crippen molar-refractivity contribution in [3.05, 3.63) is 62.7 Å². The monoisotopic (exact) mass is 361 g/mol. The molecule has 0 saturated heterocycles. The molecule has 0 bridgehead atoms. The number of nitrogens with one attached hydrogen (secondary N) is 1. The Morgan fingerprint density at radius 1 is 1.36 bits per heavy atom. The second-order valence-electron chi connectivity index (χ2n) is 5.36. The lowest BCUT2D eigenvalue weighted by atomic mass is 10.2. The maximum absolute atomic E-state index is 12.0. The highest BCUT2D eigenvalue weighted by Crippen LogP contribution is 2.38. The summed E-state index contributed by atoms with van der Waals surface area (Å²) < 4.78 is 2.27. The van der Waals surface area contributed by atoms with Gasteiger partial charge in [-0.25, -0.2) is 4.98 Å². The third-order valence-corrected chi connectivity index (χ3v) is 4.34. The van der Waals surface area contributed by atoms with E-state index < -0.39 is 0 Å². The Hall–Kier alpha value is -1.95. The number of carbonyl (C=O) groups is 1. The van der Waals surface area contributed by atoms with Crippen LogP contribution in [0.15, 0.2) is 45.9 Å². The predicted octanol–water partition coefficient (Wildman–Crippen LogP) is 2.31. The standard InChI is InChI=1S/C16H16BrN3O2/c17-13-4-2-1-3-12(13)16(22)18-7-8-20-10-19-14(9-15(20)21)11-5-6-11/h1-4,9-11H,5-8H2,(H,18,22). The maximum atomic E-state index is 12.0. The molecule has 2 aromatic rings. The van der Waals surface area contributed by atoms with Crippen LogP contribution in [0.2, 0.25) is 0 Å². The lowest BCUT2D eigenvalue weighted by molar-refractivity contribution is 0.0951. The van der Waals surface area contributed by atoms with Crippen LogP contribution in [0.5, 0.6) is 0 Å². The van der Waals surface area contributed by atoms with Crippen molar-refractivity contribution in [2.45, 2.75) is 25.3 Å². The van der Waals surface area contributed by atoms with E-state index in [0.717, 1.165) is 23.0 Å². The van der Waals surface area contributed by atoms with E-state index in [-0.39, 0.29) is 11.5 Å². The molecule has 6 heteroatoms. The Balaban J connectivity index is 1.58. The van der Waals surface area contributed by atoms with Crippen LogP contribution in [0.4, 0.5) is 0 Å². The molecule has 1 aromatic carbocycles. The SMILES string of the molecule is O=C(NCCn1cnc(C2CC2)cc1=O)c1ccccc1Br. The number of carbonyl (C=O) groups excluding carboxylic acids is 1. The van der Waals surface area contributed by atoms with Crippen LogP contribution in [-0.2, 0) is 6.54 Å². The van der Waals surface area contributed by atoms with E-state index in [2.05, 4.69) is 26.2 Å². The molecule has 0 aliphatic heterocycles. The Bertz CT molecular complexity index is 753. The van der Waals surface area contributed by atoms with Crippen LogP contribution in [0.3, 0.4) is 0 Å². The Kier molecular flexibility index (Phi) is 4.38. The fourth-order valence-corrected chi connectivity index (χ4v) is 2.71. The molecule has 1 aliphatic carbocycles. The van der Waals surface area contributed by atoms with Gasteiger partial charge < -0.3 is 5.32 Å². The highest BCUT2D eigenvalue weighted by atomic mass is 79.9. The van der Waals surface area contributed by atoms with Crippen molar-refractivity contribution in [1.29, 1.82) is 0 Å². The van der Waals surface area contributed by atoms with Gasteiger partial charge in [-0.2, -0.15) is 0 Å². The molecule has 5 nitrogen and oxygen atoms in total. The van der Waals surface area contributed by atoms with Gasteiger partial charge in [-0.15, -0.1) is 0 Å². The predicted molar refractivity (Wildman–Crippen MR) is 86.9 cm³/mol. The summed E-state index contributed by atoms with van der Waals surface area (Å²) in [5, 5.41) is 2.81. The van der Waals surface area contributed by atoms with Gasteiger partial charge in [-0.1, -0.05) is 12.1 Å². The summed E-state index contributed by atoms with van der Waals surface area (Å²) in [4.78, 5) is 28.3. The molecule has 114 valence electrons. The van der Waals surface area contributed by atoms with Crippen LogP contribution < -0.4 is 10.9 Å². The molecule has 0 unspecified atom stereocenters. The Morgan fingerprint density at radius 3 is 2.82 bits per heavy atom. The average molecular weight is 362 g/mol. The number of halogens is 1. The molecule has 3 rings (SSSR count). The zero-order chi connectivity index (χ0) is 15.5. The van der Waals surface area contributed by atoms with Gasteiger partial charge in [0, 0.05) is 29.5 Å². The van der Waals surface area contributed by atoms with Gasteiger partial charge in [0.2, 0.25) is 0 Å². The molecule has 1 N–H and O–H groups in total. The lowest BCUT2D eigenvalue weighted by Gasteiger charge is -2.08. The van der Waals surface area contributed by atoms with Crippen LogP contribution in [0.1, 0.15) is 34.8 Å². The van der Waals surface area contributed by atoms with Crippen LogP contribution in [0, 0.1) is 0 Å². The molecule has 1 saturated carbocycles. The highest BCUT2D eigenvalue weighted by Gasteiger charge is 2.25.